The predicted octanol–water partition coefficient (Wildman–Crippen LogP) is 3.71. The topological polar surface area (TPSA) is 403 Å². The molecule has 0 aliphatic rings. The molecule has 0 aliphatic heterocycles. The fourth-order valence-corrected chi connectivity index (χ4v) is 4.83. The van der Waals surface area contributed by atoms with Crippen molar-refractivity contribution < 1.29 is 164 Å². The summed E-state index contributed by atoms with van der Waals surface area (Å²) in [7, 11) is 5.28. The number of carbonyl (C=O) groups excluding carboxylic acids is 3. The van der Waals surface area contributed by atoms with E-state index in [1.807, 2.05) is 18.2 Å². The van der Waals surface area contributed by atoms with E-state index >= 15 is 0 Å². The number of amides is 3. The number of thiocarbonyl (C=S) groups is 3. The van der Waals surface area contributed by atoms with Gasteiger partial charge in [-0.15, -0.1) is 0 Å². The van der Waals surface area contributed by atoms with Gasteiger partial charge in [-0.2, -0.15) is 30.8 Å². The molecule has 0 fully saturated rings. The van der Waals surface area contributed by atoms with Crippen LogP contribution in [-0.4, -0.2) is 102 Å². The van der Waals surface area contributed by atoms with Crippen molar-refractivity contribution in [3.05, 3.63) is 195 Å². The van der Waals surface area contributed by atoms with E-state index in [1.165, 1.54) is 55.5 Å². The van der Waals surface area contributed by atoms with Crippen molar-refractivity contribution in [3.63, 3.8) is 0 Å². The van der Waals surface area contributed by atoms with Gasteiger partial charge in [0.05, 0.1) is 40.0 Å². The third kappa shape index (κ3) is 33.1. The number of isothiocyanates is 3. The van der Waals surface area contributed by atoms with Crippen molar-refractivity contribution in [2.45, 2.75) is 0 Å². The van der Waals surface area contributed by atoms with E-state index in [-0.39, 0.29) is 167 Å². The number of para-hydroxylation sites is 3. The molecule has 27 heteroatoms. The summed E-state index contributed by atoms with van der Waals surface area (Å²) in [4.78, 5) is 35.1. The van der Waals surface area contributed by atoms with Gasteiger partial charge in [-0.1, -0.05) is 145 Å². The molecule has 400 valence electrons. The first-order chi connectivity index (χ1) is 34.4. The van der Waals surface area contributed by atoms with Gasteiger partial charge < -0.3 is 67.3 Å². The summed E-state index contributed by atoms with van der Waals surface area (Å²) in [6, 6.07) is 40.6. The molecule has 0 aromatic heterocycles. The summed E-state index contributed by atoms with van der Waals surface area (Å²) in [6.07, 6.45) is 3.89. The molecular weight excluding hydrogens is 1320 g/mol. The maximum absolute atomic E-state index is 11.8. The van der Waals surface area contributed by atoms with Gasteiger partial charge >= 0.3 is 98.8 Å². The summed E-state index contributed by atoms with van der Waals surface area (Å²) in [5.41, 5.74) is 9.62. The first-order valence-corrected chi connectivity index (χ1v) is 20.8. The quantitative estimate of drug-likeness (QED) is 0.0772. The molecule has 22 nitrogen and oxygen atoms in total. The van der Waals surface area contributed by atoms with Gasteiger partial charge in [-0.25, -0.2) is 16.3 Å². The molecule has 76 heavy (non-hydrogen) atoms. The van der Waals surface area contributed by atoms with E-state index in [9.17, 15) is 29.7 Å². The largest absolute Gasteiger partial charge is 3.00 e. The maximum atomic E-state index is 11.8. The molecule has 0 aliphatic carbocycles. The molecule has 0 saturated carbocycles. The number of aliphatic hydroxyl groups excluding tert-OH is 1. The number of methoxy groups -OCH3 is 3. The number of aliphatic hydroxyl groups is 1. The van der Waals surface area contributed by atoms with Crippen LogP contribution in [0, 0.1) is 98.8 Å². The van der Waals surface area contributed by atoms with Gasteiger partial charge in [-0.05, 0) is 71.3 Å². The van der Waals surface area contributed by atoms with Crippen LogP contribution < -0.4 is 45.8 Å². The zero-order valence-corrected chi connectivity index (χ0v) is 47.7. The van der Waals surface area contributed by atoms with Crippen LogP contribution in [0.3, 0.4) is 0 Å². The van der Waals surface area contributed by atoms with E-state index in [2.05, 4.69) is 68.2 Å². The van der Waals surface area contributed by atoms with E-state index < -0.39 is 0 Å². The Balaban J connectivity index is -0.000000214. The van der Waals surface area contributed by atoms with Gasteiger partial charge in [0.25, 0.3) is 17.7 Å². The van der Waals surface area contributed by atoms with Gasteiger partial charge in [-0.3, -0.25) is 14.4 Å². The standard InChI is InChI=1S/3C15H14N2O3.3CNS.CH4O.2Eu.3H2O/c3*1-20-13-9-5-8-12(14(13)18)10-16-17-15(19)11-6-3-2-4-7-11;3*2-1-3;1-2;;;;;/h3*2-10,18H,1H3,(H,17,19);;;;2H,1H3;;;3*1H2/q;;;3*-1;;2*+3;;;/p-3/b3*16-10+;;;;;;;;;. The fraction of sp³-hybridized carbons (Fsp3) is 0.0816. The normalized spacial score (nSPS) is 8.64. The number of nitrogens with zero attached hydrogens (tertiary/aromatic N) is 6. The van der Waals surface area contributed by atoms with Crippen LogP contribution in [0.2, 0.25) is 0 Å². The maximum Gasteiger partial charge on any atom is 3.00 e. The van der Waals surface area contributed by atoms with Crippen molar-refractivity contribution in [1.29, 1.82) is 0 Å². The molecule has 3 amide bonds. The van der Waals surface area contributed by atoms with Crippen LogP contribution >= 0.6 is 36.7 Å². The number of hydrogen-bond acceptors (Lipinski definition) is 16. The zero-order valence-electron chi connectivity index (χ0n) is 40.4. The third-order valence-electron chi connectivity index (χ3n) is 7.90. The second-order valence-corrected chi connectivity index (χ2v) is 12.7. The fourth-order valence-electron chi connectivity index (χ4n) is 4.83. The molecule has 0 bridgehead atoms. The van der Waals surface area contributed by atoms with E-state index in [0.29, 0.717) is 33.4 Å². The molecule has 0 radical (unpaired) electrons. The van der Waals surface area contributed by atoms with Gasteiger partial charge in [0, 0.05) is 23.8 Å². The Kier molecular flexibility index (Phi) is 56.1. The Morgan fingerprint density at radius 3 is 0.829 bits per heavy atom. The molecule has 0 saturated heterocycles. The summed E-state index contributed by atoms with van der Waals surface area (Å²) in [5.74, 6) is -1.10. The van der Waals surface area contributed by atoms with Crippen molar-refractivity contribution >= 4 is 88.5 Å². The number of hydrazone groups is 3. The first-order valence-electron chi connectivity index (χ1n) is 19.6. The molecule has 6 rings (SSSR count). The predicted molar refractivity (Wildman–Crippen MR) is 289 cm³/mol. The summed E-state index contributed by atoms with van der Waals surface area (Å²) < 4.78 is 14.8. The van der Waals surface area contributed by atoms with Gasteiger partial charge in [0.2, 0.25) is 0 Å². The minimum absolute atomic E-state index is 0. The number of rotatable bonds is 12. The first kappa shape index (κ1) is 81.3. The van der Waals surface area contributed by atoms with Crippen LogP contribution in [0.4, 0.5) is 0 Å². The minimum Gasteiger partial charge on any atom is -0.870 e. The second-order valence-electron chi connectivity index (χ2n) is 12.1. The van der Waals surface area contributed by atoms with E-state index in [4.69, 9.17) is 35.5 Å². The summed E-state index contributed by atoms with van der Waals surface area (Å²) in [5, 5.41) is 79.2. The Hall–Kier alpha value is -6.05. The van der Waals surface area contributed by atoms with Gasteiger partial charge in [0.15, 0.2) is 0 Å². The van der Waals surface area contributed by atoms with Crippen LogP contribution in [0.5, 0.6) is 34.5 Å². The number of carbonyl (C=O) groups is 3. The average molecular weight is 1370 g/mol. The Morgan fingerprint density at radius 1 is 0.447 bits per heavy atom. The van der Waals surface area contributed by atoms with Crippen molar-refractivity contribution in [2.24, 2.45) is 15.3 Å². The molecule has 0 atom stereocenters. The second kappa shape index (κ2) is 52.4. The molecular formula is C49H49Eu2N9O13S3. The van der Waals surface area contributed by atoms with Crippen molar-refractivity contribution in [3.8, 4) is 34.5 Å². The molecule has 6 aromatic carbocycles. The Morgan fingerprint density at radius 2 is 0.645 bits per heavy atom. The van der Waals surface area contributed by atoms with Crippen LogP contribution in [0.25, 0.3) is 16.2 Å². The number of nitrogens with one attached hydrogen (secondary N) is 3. The molecule has 0 heterocycles. The van der Waals surface area contributed by atoms with E-state index in [1.54, 1.807) is 127 Å². The summed E-state index contributed by atoms with van der Waals surface area (Å²) >= 11 is 11.1. The van der Waals surface area contributed by atoms with E-state index in [0.717, 1.165) is 7.11 Å². The van der Waals surface area contributed by atoms with Crippen molar-refractivity contribution in [1.82, 2.24) is 16.3 Å². The monoisotopic (exact) mass is 1370 g/mol. The van der Waals surface area contributed by atoms with Crippen LogP contribution in [0.1, 0.15) is 47.8 Å². The Labute approximate surface area is 535 Å². The SMILES string of the molecule is CO.COc1cccc(/C=N/NC(=O)c2ccccc2)c1[O-].COc1cccc(/C=N/NC(=O)c2ccccc2)c1[O-].COc1cccc(/C=N/NC(=O)c2ccccc2)c1[O-].O.O.O.[Eu+3].[Eu+3].[N-]=C=S.[N-]=C=S.[N-]=C=S. The van der Waals surface area contributed by atoms with Gasteiger partial charge in [0.1, 0.15) is 17.2 Å². The third-order valence-corrected chi connectivity index (χ3v) is 7.90. The van der Waals surface area contributed by atoms with Crippen LogP contribution in [0.15, 0.2) is 161 Å². The molecule has 0 spiro atoms. The molecule has 0 unspecified atom stereocenters. The zero-order chi connectivity index (χ0) is 53.2. The summed E-state index contributed by atoms with van der Waals surface area (Å²) in [6.45, 7) is 0. The number of benzene rings is 6. The smallest absolute Gasteiger partial charge is 0.870 e. The van der Waals surface area contributed by atoms with Crippen LogP contribution in [-0.2, 0) is 0 Å². The average Bonchev–Trinajstić information content (AvgIpc) is 3.40. The number of hydrogen-bond donors (Lipinski definition) is 4. The molecule has 6 aromatic rings. The number of ether oxygens (including phenoxy) is 3. The van der Waals surface area contributed by atoms with Crippen molar-refractivity contribution in [2.75, 3.05) is 28.4 Å². The molecule has 10 N–H and O–H groups in total. The Bertz CT molecular complexity index is 2460. The minimum atomic E-state index is -0.336.